The first-order valence-electron chi connectivity index (χ1n) is 9.14. The second-order valence-electron chi connectivity index (χ2n) is 5.60. The van der Waals surface area contributed by atoms with E-state index in [1.54, 1.807) is 0 Å². The van der Waals surface area contributed by atoms with Crippen LogP contribution in [0.1, 0.15) is 79.1 Å². The van der Waals surface area contributed by atoms with E-state index in [1.165, 1.54) is 12.5 Å². The molecule has 0 amide bonds. The van der Waals surface area contributed by atoms with Gasteiger partial charge in [0, 0.05) is 11.9 Å². The monoisotopic (exact) mass is 356 g/mol. The maximum absolute atomic E-state index is 10.3. The summed E-state index contributed by atoms with van der Waals surface area (Å²) in [5, 5.41) is 20.7. The molecule has 0 saturated carbocycles. The zero-order chi connectivity index (χ0) is 20.1. The minimum atomic E-state index is -0.893. The lowest BCUT2D eigenvalue weighted by Gasteiger charge is -2.14. The summed E-state index contributed by atoms with van der Waals surface area (Å²) in [6.45, 7) is 14.4. The first kappa shape index (κ1) is 28.0. The Labute approximate surface area is 153 Å². The van der Waals surface area contributed by atoms with Crippen LogP contribution in [-0.4, -0.2) is 11.9 Å². The fourth-order valence-electron chi connectivity index (χ4n) is 1.95. The molecule has 0 aliphatic heterocycles. The van der Waals surface area contributed by atoms with Crippen molar-refractivity contribution in [2.75, 3.05) is 0 Å². The van der Waals surface area contributed by atoms with Crippen molar-refractivity contribution in [2.45, 2.75) is 79.1 Å². The molecule has 5 nitrogen and oxygen atoms in total. The fourth-order valence-corrected chi connectivity index (χ4v) is 1.95. The van der Waals surface area contributed by atoms with Gasteiger partial charge < -0.3 is 24.5 Å². The van der Waals surface area contributed by atoms with Crippen LogP contribution in [0, 0.1) is 11.8 Å². The van der Waals surface area contributed by atoms with E-state index >= 15 is 0 Å². The van der Waals surface area contributed by atoms with Gasteiger partial charge in [-0.15, -0.1) is 0 Å². The number of carboxylic acids is 2. The van der Waals surface area contributed by atoms with Crippen LogP contribution >= 0.6 is 0 Å². The van der Waals surface area contributed by atoms with Gasteiger partial charge >= 0.3 is 0 Å². The lowest BCUT2D eigenvalue weighted by Crippen LogP contribution is -2.30. The van der Waals surface area contributed by atoms with Gasteiger partial charge in [-0.1, -0.05) is 66.5 Å². The summed E-state index contributed by atoms with van der Waals surface area (Å²) in [4.78, 5) is 20.7. The number of aliphatic carboxylic acids is 2. The molecule has 0 N–H and O–H groups in total. The highest BCUT2D eigenvalue weighted by atomic mass is 16.5. The minimum absolute atomic E-state index is 0.222. The second-order valence-corrected chi connectivity index (χ2v) is 5.60. The van der Waals surface area contributed by atoms with Gasteiger partial charge in [0.1, 0.15) is 0 Å². The van der Waals surface area contributed by atoms with Crippen molar-refractivity contribution in [3.8, 4) is 0 Å². The topological polar surface area (TPSA) is 89.5 Å². The van der Waals surface area contributed by atoms with Crippen LogP contribution < -0.4 is 10.2 Å². The number of rotatable bonds is 12. The Kier molecular flexibility index (Phi) is 24.9. The molecule has 0 aliphatic rings. The lowest BCUT2D eigenvalue weighted by atomic mass is 10.00. The average Bonchev–Trinajstić information content (AvgIpc) is 2.57. The van der Waals surface area contributed by atoms with Crippen LogP contribution in [0.2, 0.25) is 0 Å². The third kappa shape index (κ3) is 22.2. The molecule has 0 radical (unpaired) electrons. The predicted octanol–water partition coefficient (Wildman–Crippen LogP) is 3.20. The fraction of sp³-hybridized carbons (Fsp3) is 0.700. The Bertz CT molecular complexity index is 307. The SMILES string of the molecule is C=COC=C.CCCCC(CC)C(=O)[O-].CCCCC(CC)C(=O)[O-]. The molecule has 5 heteroatoms. The maximum Gasteiger partial charge on any atom is 0.0829 e. The minimum Gasteiger partial charge on any atom is -0.550 e. The molecule has 2 atom stereocenters. The summed E-state index contributed by atoms with van der Waals surface area (Å²) < 4.78 is 4.36. The smallest absolute Gasteiger partial charge is 0.0829 e. The van der Waals surface area contributed by atoms with Crippen LogP contribution in [0.3, 0.4) is 0 Å². The van der Waals surface area contributed by atoms with Crippen molar-refractivity contribution in [3.05, 3.63) is 25.7 Å². The molecule has 0 spiro atoms. The summed E-state index contributed by atoms with van der Waals surface area (Å²) in [6, 6.07) is 0. The summed E-state index contributed by atoms with van der Waals surface area (Å²) in [6.07, 6.45) is 9.67. The van der Waals surface area contributed by atoms with E-state index in [-0.39, 0.29) is 11.8 Å². The van der Waals surface area contributed by atoms with E-state index in [4.69, 9.17) is 0 Å². The predicted molar refractivity (Wildman–Crippen MR) is 98.1 cm³/mol. The lowest BCUT2D eigenvalue weighted by molar-refractivity contribution is -0.313. The highest BCUT2D eigenvalue weighted by Crippen LogP contribution is 2.11. The number of carbonyl (C=O) groups excluding carboxylic acids is 2. The number of hydrogen-bond acceptors (Lipinski definition) is 5. The zero-order valence-corrected chi connectivity index (χ0v) is 16.4. The van der Waals surface area contributed by atoms with E-state index in [9.17, 15) is 19.8 Å². The summed E-state index contributed by atoms with van der Waals surface area (Å²) in [5.41, 5.74) is 0. The second kappa shape index (κ2) is 22.2. The number of ether oxygens (including phenoxy) is 1. The van der Waals surface area contributed by atoms with E-state index in [0.717, 1.165) is 38.5 Å². The van der Waals surface area contributed by atoms with E-state index < -0.39 is 11.9 Å². The normalized spacial score (nSPS) is 11.5. The standard InChI is InChI=1S/2C8H16O2.C4H6O/c2*1-3-5-6-7(4-2)8(9)10;1-3-5-4-2/h2*7H,3-6H2,1-2H3,(H,9,10);3-4H,1-2H2/p-2. The Hall–Kier alpha value is -1.78. The van der Waals surface area contributed by atoms with Crippen LogP contribution in [-0.2, 0) is 14.3 Å². The van der Waals surface area contributed by atoms with Crippen molar-refractivity contribution >= 4 is 11.9 Å². The molecule has 0 rings (SSSR count). The van der Waals surface area contributed by atoms with Gasteiger partial charge in [0.25, 0.3) is 0 Å². The quantitative estimate of drug-likeness (QED) is 0.501. The molecule has 0 aromatic heterocycles. The van der Waals surface area contributed by atoms with Crippen molar-refractivity contribution in [3.63, 3.8) is 0 Å². The summed E-state index contributed by atoms with van der Waals surface area (Å²) >= 11 is 0. The molecule has 25 heavy (non-hydrogen) atoms. The molecule has 148 valence electrons. The molecule has 0 saturated heterocycles. The Balaban J connectivity index is -0.000000308. The van der Waals surface area contributed by atoms with Gasteiger partial charge in [0.15, 0.2) is 0 Å². The first-order valence-corrected chi connectivity index (χ1v) is 9.14. The Morgan fingerprint density at radius 2 is 1.16 bits per heavy atom. The molecule has 0 aromatic rings. The van der Waals surface area contributed by atoms with Gasteiger partial charge in [-0.2, -0.15) is 0 Å². The van der Waals surface area contributed by atoms with Crippen molar-refractivity contribution in [1.29, 1.82) is 0 Å². The largest absolute Gasteiger partial charge is 0.550 e. The number of carboxylic acid groups (broad SMARTS) is 2. The summed E-state index contributed by atoms with van der Waals surface area (Å²) in [5.74, 6) is -2.23. The van der Waals surface area contributed by atoms with Gasteiger partial charge in [-0.05, 0) is 37.5 Å². The molecule has 0 heterocycles. The van der Waals surface area contributed by atoms with Crippen LogP contribution in [0.15, 0.2) is 25.7 Å². The van der Waals surface area contributed by atoms with Crippen molar-refractivity contribution in [1.82, 2.24) is 0 Å². The van der Waals surface area contributed by atoms with Crippen molar-refractivity contribution in [2.24, 2.45) is 11.8 Å². The van der Waals surface area contributed by atoms with Crippen LogP contribution in [0.25, 0.3) is 0 Å². The Morgan fingerprint density at radius 1 is 0.840 bits per heavy atom. The third-order valence-electron chi connectivity index (χ3n) is 3.66. The maximum atomic E-state index is 10.3. The highest BCUT2D eigenvalue weighted by Gasteiger charge is 2.05. The van der Waals surface area contributed by atoms with E-state index in [2.05, 4.69) is 31.7 Å². The molecular formula is C20H36O5-2. The molecule has 0 fully saturated rings. The van der Waals surface area contributed by atoms with Gasteiger partial charge in [-0.25, -0.2) is 0 Å². The first-order chi connectivity index (χ1) is 11.9. The molecule has 2 unspecified atom stereocenters. The van der Waals surface area contributed by atoms with E-state index in [1.807, 2.05) is 13.8 Å². The molecule has 0 aliphatic carbocycles. The van der Waals surface area contributed by atoms with Crippen molar-refractivity contribution < 1.29 is 24.5 Å². The Morgan fingerprint density at radius 3 is 1.28 bits per heavy atom. The van der Waals surface area contributed by atoms with Gasteiger partial charge in [0.05, 0.1) is 12.5 Å². The zero-order valence-electron chi connectivity index (χ0n) is 16.4. The van der Waals surface area contributed by atoms with Crippen LogP contribution in [0.5, 0.6) is 0 Å². The van der Waals surface area contributed by atoms with E-state index in [0.29, 0.717) is 12.8 Å². The van der Waals surface area contributed by atoms with Gasteiger partial charge in [-0.3, -0.25) is 0 Å². The molecular weight excluding hydrogens is 320 g/mol. The summed E-state index contributed by atoms with van der Waals surface area (Å²) in [7, 11) is 0. The highest BCUT2D eigenvalue weighted by molar-refractivity contribution is 5.67. The number of carbonyl (C=O) groups is 2. The third-order valence-corrected chi connectivity index (χ3v) is 3.66. The van der Waals surface area contributed by atoms with Crippen LogP contribution in [0.4, 0.5) is 0 Å². The average molecular weight is 357 g/mol. The number of unbranched alkanes of at least 4 members (excludes halogenated alkanes) is 2. The molecule has 0 aromatic carbocycles. The van der Waals surface area contributed by atoms with Gasteiger partial charge in [0.2, 0.25) is 0 Å². The molecule has 0 bridgehead atoms. The number of hydrogen-bond donors (Lipinski definition) is 0.